The van der Waals surface area contributed by atoms with Crippen molar-refractivity contribution in [1.29, 1.82) is 0 Å². The Kier molecular flexibility index (Phi) is 5.63. The second kappa shape index (κ2) is 7.10. The Morgan fingerprint density at radius 2 is 2.18 bits per heavy atom. The minimum absolute atomic E-state index is 0.0315. The molecule has 0 spiro atoms. The molecule has 0 saturated carbocycles. The lowest BCUT2D eigenvalue weighted by atomic mass is 9.98. The number of thiophene rings is 1. The number of nitrogens with zero attached hydrogens (tertiary/aromatic N) is 1. The highest BCUT2D eigenvalue weighted by atomic mass is 32.2. The van der Waals surface area contributed by atoms with Gasteiger partial charge in [-0.05, 0) is 37.8 Å². The predicted octanol–water partition coefficient (Wildman–Crippen LogP) is 2.23. The van der Waals surface area contributed by atoms with E-state index in [-0.39, 0.29) is 18.4 Å². The first kappa shape index (κ1) is 17.4. The molecule has 2 heterocycles. The number of sulfonamides is 1. The second-order valence-corrected chi connectivity index (χ2v) is 9.66. The summed E-state index contributed by atoms with van der Waals surface area (Å²) in [6, 6.07) is 3.46. The van der Waals surface area contributed by atoms with Gasteiger partial charge in [0.05, 0.1) is 5.92 Å². The maximum atomic E-state index is 12.6. The molecular weight excluding hydrogens is 320 g/mol. The molecular formula is C15H24N2O3S2. The topological polar surface area (TPSA) is 66.5 Å². The SMILES string of the molecule is Cc1ccc(S(=O)(=O)N2CCC[C@H](C(=O)NCC(C)C)C2)s1. The van der Waals surface area contributed by atoms with Crippen LogP contribution in [0.4, 0.5) is 0 Å². The molecule has 0 aromatic carbocycles. The summed E-state index contributed by atoms with van der Waals surface area (Å²) in [7, 11) is -3.47. The highest BCUT2D eigenvalue weighted by Crippen LogP contribution is 2.28. The Labute approximate surface area is 136 Å². The monoisotopic (exact) mass is 344 g/mol. The van der Waals surface area contributed by atoms with E-state index in [0.29, 0.717) is 23.2 Å². The average molecular weight is 345 g/mol. The van der Waals surface area contributed by atoms with Crippen molar-refractivity contribution in [2.45, 2.75) is 37.8 Å². The van der Waals surface area contributed by atoms with Crippen LogP contribution in [0.1, 0.15) is 31.6 Å². The summed E-state index contributed by atoms with van der Waals surface area (Å²) in [5.74, 6) is 0.112. The van der Waals surface area contributed by atoms with E-state index in [1.165, 1.54) is 15.6 Å². The van der Waals surface area contributed by atoms with Crippen LogP contribution in [0.15, 0.2) is 16.3 Å². The molecule has 0 bridgehead atoms. The first-order chi connectivity index (χ1) is 10.3. The zero-order valence-electron chi connectivity index (χ0n) is 13.3. The highest BCUT2D eigenvalue weighted by Gasteiger charge is 2.33. The van der Waals surface area contributed by atoms with Gasteiger partial charge in [-0.2, -0.15) is 4.31 Å². The third-order valence-electron chi connectivity index (χ3n) is 3.75. The van der Waals surface area contributed by atoms with Gasteiger partial charge in [-0.3, -0.25) is 4.79 Å². The fourth-order valence-electron chi connectivity index (χ4n) is 2.50. The lowest BCUT2D eigenvalue weighted by Crippen LogP contribution is -2.45. The minimum atomic E-state index is -3.47. The standard InChI is InChI=1S/C15H24N2O3S2/c1-11(2)9-16-15(18)13-5-4-8-17(10-13)22(19,20)14-7-6-12(3)21-14/h6-7,11,13H,4-5,8-10H2,1-3H3,(H,16,18)/t13-/m0/s1. The van der Waals surface area contributed by atoms with E-state index in [9.17, 15) is 13.2 Å². The van der Waals surface area contributed by atoms with Crippen molar-refractivity contribution in [2.75, 3.05) is 19.6 Å². The third kappa shape index (κ3) is 4.08. The maximum absolute atomic E-state index is 12.6. The first-order valence-electron chi connectivity index (χ1n) is 7.65. The summed E-state index contributed by atoms with van der Waals surface area (Å²) in [5, 5.41) is 2.91. The van der Waals surface area contributed by atoms with E-state index >= 15 is 0 Å². The van der Waals surface area contributed by atoms with Crippen molar-refractivity contribution in [2.24, 2.45) is 11.8 Å². The summed E-state index contributed by atoms with van der Waals surface area (Å²) in [5.41, 5.74) is 0. The number of nitrogens with one attached hydrogen (secondary N) is 1. The van der Waals surface area contributed by atoms with Gasteiger partial charge >= 0.3 is 0 Å². The minimum Gasteiger partial charge on any atom is -0.356 e. The fraction of sp³-hybridized carbons (Fsp3) is 0.667. The highest BCUT2D eigenvalue weighted by molar-refractivity contribution is 7.91. The number of carbonyl (C=O) groups excluding carboxylic acids is 1. The molecule has 22 heavy (non-hydrogen) atoms. The molecule has 5 nitrogen and oxygen atoms in total. The Balaban J connectivity index is 2.05. The fourth-order valence-corrected chi connectivity index (χ4v) is 5.46. The summed E-state index contributed by atoms with van der Waals surface area (Å²) >= 11 is 1.28. The van der Waals surface area contributed by atoms with E-state index in [2.05, 4.69) is 5.32 Å². The zero-order chi connectivity index (χ0) is 16.3. The summed E-state index contributed by atoms with van der Waals surface area (Å²) in [6.45, 7) is 7.37. The van der Waals surface area contributed by atoms with Crippen molar-refractivity contribution in [3.05, 3.63) is 17.0 Å². The Bertz CT molecular complexity index is 622. The zero-order valence-corrected chi connectivity index (χ0v) is 15.0. The molecule has 0 radical (unpaired) electrons. The first-order valence-corrected chi connectivity index (χ1v) is 9.90. The van der Waals surface area contributed by atoms with Crippen molar-refractivity contribution in [1.82, 2.24) is 9.62 Å². The van der Waals surface area contributed by atoms with Gasteiger partial charge in [0, 0.05) is 24.5 Å². The Hall–Kier alpha value is -0.920. The molecule has 1 atom stereocenters. The summed E-state index contributed by atoms with van der Waals surface area (Å²) in [6.07, 6.45) is 1.47. The Morgan fingerprint density at radius 3 is 2.77 bits per heavy atom. The van der Waals surface area contributed by atoms with E-state index in [1.807, 2.05) is 26.8 Å². The van der Waals surface area contributed by atoms with Crippen LogP contribution in [0.2, 0.25) is 0 Å². The number of hydrogen-bond donors (Lipinski definition) is 1. The molecule has 1 aliphatic rings. The predicted molar refractivity (Wildman–Crippen MR) is 88.4 cm³/mol. The van der Waals surface area contributed by atoms with E-state index in [0.717, 1.165) is 17.7 Å². The van der Waals surface area contributed by atoms with Crippen LogP contribution in [0, 0.1) is 18.8 Å². The molecule has 0 aliphatic carbocycles. The van der Waals surface area contributed by atoms with Crippen molar-refractivity contribution >= 4 is 27.3 Å². The molecule has 1 fully saturated rings. The molecule has 1 aromatic rings. The van der Waals surface area contributed by atoms with Crippen LogP contribution in [0.25, 0.3) is 0 Å². The molecule has 0 unspecified atom stereocenters. The molecule has 124 valence electrons. The average Bonchev–Trinajstić information content (AvgIpc) is 2.92. The summed E-state index contributed by atoms with van der Waals surface area (Å²) < 4.78 is 27.1. The smallest absolute Gasteiger partial charge is 0.252 e. The van der Waals surface area contributed by atoms with Crippen molar-refractivity contribution < 1.29 is 13.2 Å². The van der Waals surface area contributed by atoms with E-state index in [1.54, 1.807) is 6.07 Å². The maximum Gasteiger partial charge on any atom is 0.252 e. The third-order valence-corrected chi connectivity index (χ3v) is 7.08. The van der Waals surface area contributed by atoms with Gasteiger partial charge in [-0.15, -0.1) is 11.3 Å². The number of aryl methyl sites for hydroxylation is 1. The lowest BCUT2D eigenvalue weighted by molar-refractivity contribution is -0.126. The van der Waals surface area contributed by atoms with Gasteiger partial charge in [0.25, 0.3) is 10.0 Å². The Morgan fingerprint density at radius 1 is 1.45 bits per heavy atom. The van der Waals surface area contributed by atoms with Crippen molar-refractivity contribution in [3.63, 3.8) is 0 Å². The molecule has 1 aliphatic heterocycles. The largest absolute Gasteiger partial charge is 0.356 e. The van der Waals surface area contributed by atoms with Crippen LogP contribution in [0.3, 0.4) is 0 Å². The summed E-state index contributed by atoms with van der Waals surface area (Å²) in [4.78, 5) is 13.2. The number of amides is 1. The quantitative estimate of drug-likeness (QED) is 0.891. The van der Waals surface area contributed by atoms with E-state index in [4.69, 9.17) is 0 Å². The second-order valence-electron chi connectivity index (χ2n) is 6.21. The molecule has 1 aromatic heterocycles. The molecule has 1 saturated heterocycles. The number of carbonyl (C=O) groups is 1. The lowest BCUT2D eigenvalue weighted by Gasteiger charge is -2.31. The normalized spacial score (nSPS) is 20.3. The van der Waals surface area contributed by atoms with Crippen LogP contribution in [0.5, 0.6) is 0 Å². The number of rotatable bonds is 5. The molecule has 7 heteroatoms. The van der Waals surface area contributed by atoms with Crippen molar-refractivity contribution in [3.8, 4) is 0 Å². The van der Waals surface area contributed by atoms with Gasteiger partial charge in [0.2, 0.25) is 5.91 Å². The van der Waals surface area contributed by atoms with Gasteiger partial charge < -0.3 is 5.32 Å². The van der Waals surface area contributed by atoms with Crippen LogP contribution in [-0.4, -0.2) is 38.3 Å². The molecule has 2 rings (SSSR count). The molecule has 1 amide bonds. The van der Waals surface area contributed by atoms with Gasteiger partial charge in [-0.1, -0.05) is 13.8 Å². The molecule has 1 N–H and O–H groups in total. The van der Waals surface area contributed by atoms with Crippen LogP contribution in [-0.2, 0) is 14.8 Å². The van der Waals surface area contributed by atoms with Gasteiger partial charge in [0.15, 0.2) is 0 Å². The van der Waals surface area contributed by atoms with Gasteiger partial charge in [0.1, 0.15) is 4.21 Å². The van der Waals surface area contributed by atoms with Crippen LogP contribution < -0.4 is 5.32 Å². The van der Waals surface area contributed by atoms with E-state index < -0.39 is 10.0 Å². The van der Waals surface area contributed by atoms with Gasteiger partial charge in [-0.25, -0.2) is 8.42 Å². The number of piperidine rings is 1. The van der Waals surface area contributed by atoms with Crippen LogP contribution >= 0.6 is 11.3 Å². The number of hydrogen-bond acceptors (Lipinski definition) is 4.